The number of nitrogens with one attached hydrogen (secondary N) is 2. The van der Waals surface area contributed by atoms with Crippen LogP contribution in [0.3, 0.4) is 0 Å². The summed E-state index contributed by atoms with van der Waals surface area (Å²) < 4.78 is 34.2. The molecule has 0 radical (unpaired) electrons. The molecule has 9 nitrogen and oxygen atoms in total. The molecule has 2 N–H and O–H groups in total. The van der Waals surface area contributed by atoms with Crippen molar-refractivity contribution in [1.29, 1.82) is 0 Å². The largest absolute Gasteiger partial charge is 0.337 e. The quantitative estimate of drug-likeness (QED) is 0.355. The molecule has 0 spiro atoms. The molecule has 1 atom stereocenters. The van der Waals surface area contributed by atoms with Gasteiger partial charge in [0.15, 0.2) is 0 Å². The van der Waals surface area contributed by atoms with Gasteiger partial charge in [0.2, 0.25) is 17.7 Å². The number of imide groups is 1. The van der Waals surface area contributed by atoms with Crippen LogP contribution in [0.2, 0.25) is 0 Å². The summed E-state index contributed by atoms with van der Waals surface area (Å²) in [6.45, 7) is 8.09. The predicted molar refractivity (Wildman–Crippen MR) is 149 cm³/mol. The molecular weight excluding hydrogens is 516 g/mol. The highest BCUT2D eigenvalue weighted by Crippen LogP contribution is 2.31. The van der Waals surface area contributed by atoms with Gasteiger partial charge in [-0.15, -0.1) is 0 Å². The van der Waals surface area contributed by atoms with E-state index in [4.69, 9.17) is 4.52 Å². The summed E-state index contributed by atoms with van der Waals surface area (Å²) in [5, 5.41) is 6.42. The zero-order valence-corrected chi connectivity index (χ0v) is 23.8. The molecule has 0 unspecified atom stereocenters. The van der Waals surface area contributed by atoms with Gasteiger partial charge < -0.3 is 4.52 Å². The summed E-state index contributed by atoms with van der Waals surface area (Å²) in [6.07, 6.45) is 2.31. The second kappa shape index (κ2) is 11.7. The van der Waals surface area contributed by atoms with E-state index < -0.39 is 16.1 Å². The van der Waals surface area contributed by atoms with Gasteiger partial charge in [-0.1, -0.05) is 61.5 Å². The number of likely N-dealkylation sites (N-methyl/N-ethyl adjacent to an activating group) is 1. The van der Waals surface area contributed by atoms with Crippen LogP contribution < -0.4 is 10.0 Å². The maximum atomic E-state index is 13.3. The van der Waals surface area contributed by atoms with E-state index in [9.17, 15) is 18.0 Å². The fourth-order valence-corrected chi connectivity index (χ4v) is 5.68. The first-order chi connectivity index (χ1) is 18.5. The average Bonchev–Trinajstić information content (AvgIpc) is 3.70. The number of carbonyl (C=O) groups is 2. The van der Waals surface area contributed by atoms with E-state index in [1.165, 1.54) is 0 Å². The summed E-state index contributed by atoms with van der Waals surface area (Å²) in [5.74, 6) is -0.0955. The molecule has 4 rings (SSSR count). The number of aryl methyl sites for hydroxylation is 1. The summed E-state index contributed by atoms with van der Waals surface area (Å²) in [7, 11) is -2.06. The van der Waals surface area contributed by atoms with Crippen LogP contribution in [0.25, 0.3) is 11.1 Å². The van der Waals surface area contributed by atoms with Gasteiger partial charge in [0.25, 0.3) is 10.0 Å². The molecule has 1 fully saturated rings. The van der Waals surface area contributed by atoms with Crippen LogP contribution in [0.15, 0.2) is 57.9 Å². The van der Waals surface area contributed by atoms with E-state index in [-0.39, 0.29) is 34.4 Å². The molecule has 1 saturated carbocycles. The van der Waals surface area contributed by atoms with Crippen LogP contribution in [0.1, 0.15) is 49.9 Å². The zero-order valence-electron chi connectivity index (χ0n) is 23.0. The van der Waals surface area contributed by atoms with Gasteiger partial charge in [-0.05, 0) is 63.3 Å². The minimum absolute atomic E-state index is 0.0303. The predicted octanol–water partition coefficient (Wildman–Crippen LogP) is 4.66. The fourth-order valence-electron chi connectivity index (χ4n) is 4.40. The van der Waals surface area contributed by atoms with E-state index in [1.54, 1.807) is 38.1 Å². The zero-order chi connectivity index (χ0) is 28.3. The Morgan fingerprint density at radius 2 is 1.74 bits per heavy atom. The molecular formula is C29H36N4O5S. The topological polar surface area (TPSA) is 122 Å². The third kappa shape index (κ3) is 6.93. The number of rotatable bonds is 11. The molecule has 1 aromatic heterocycles. The van der Waals surface area contributed by atoms with Crippen molar-refractivity contribution in [3.8, 4) is 11.1 Å². The molecule has 3 aromatic rings. The van der Waals surface area contributed by atoms with E-state index in [1.807, 2.05) is 36.2 Å². The van der Waals surface area contributed by atoms with E-state index >= 15 is 0 Å². The maximum absolute atomic E-state index is 13.3. The molecule has 1 aliphatic rings. The standard InChI is InChI=1S/C29H36N4O5S/c1-18(2)16-25(28(35)30-27(34)23-14-15-23)33(5)17-21-10-12-22(13-11-21)24-8-6-7-9-26(24)39(36,37)32-29-19(3)20(4)31-38-29/h6-13,18,23,25,32H,14-17H2,1-5H3,(H,30,34,35)/t25-/m0/s1. The minimum atomic E-state index is -3.94. The van der Waals surface area contributed by atoms with Crippen molar-refractivity contribution in [3.63, 3.8) is 0 Å². The molecule has 1 heterocycles. The Hall–Kier alpha value is -3.50. The lowest BCUT2D eigenvalue weighted by atomic mass is 10.0. The van der Waals surface area contributed by atoms with Crippen LogP contribution in [0.4, 0.5) is 5.88 Å². The molecule has 0 saturated heterocycles. The molecule has 0 aliphatic heterocycles. The molecule has 1 aliphatic carbocycles. The van der Waals surface area contributed by atoms with Gasteiger partial charge in [-0.3, -0.25) is 19.8 Å². The Kier molecular flexibility index (Phi) is 8.56. The first-order valence-electron chi connectivity index (χ1n) is 13.1. The highest BCUT2D eigenvalue weighted by molar-refractivity contribution is 7.92. The summed E-state index contributed by atoms with van der Waals surface area (Å²) in [4.78, 5) is 27.2. The maximum Gasteiger partial charge on any atom is 0.264 e. The number of aromatic nitrogens is 1. The lowest BCUT2D eigenvalue weighted by Crippen LogP contribution is -2.47. The molecule has 39 heavy (non-hydrogen) atoms. The van der Waals surface area contributed by atoms with E-state index in [0.717, 1.165) is 24.0 Å². The molecule has 2 aromatic carbocycles. The summed E-state index contributed by atoms with van der Waals surface area (Å²) in [5.41, 5.74) is 3.49. The first kappa shape index (κ1) is 28.5. The van der Waals surface area contributed by atoms with Gasteiger partial charge in [-0.25, -0.2) is 13.1 Å². The third-order valence-corrected chi connectivity index (χ3v) is 8.37. The van der Waals surface area contributed by atoms with E-state index in [0.29, 0.717) is 29.8 Å². The Morgan fingerprint density at radius 3 is 2.33 bits per heavy atom. The van der Waals surface area contributed by atoms with Gasteiger partial charge in [0, 0.05) is 23.6 Å². The van der Waals surface area contributed by atoms with Crippen LogP contribution in [-0.2, 0) is 26.2 Å². The number of anilines is 1. The normalized spacial score (nSPS) is 14.4. The monoisotopic (exact) mass is 552 g/mol. The number of carbonyl (C=O) groups excluding carboxylic acids is 2. The van der Waals surface area contributed by atoms with Gasteiger partial charge in [0.1, 0.15) is 0 Å². The van der Waals surface area contributed by atoms with Crippen molar-refractivity contribution in [2.75, 3.05) is 11.8 Å². The highest BCUT2D eigenvalue weighted by atomic mass is 32.2. The first-order valence-corrected chi connectivity index (χ1v) is 14.6. The third-order valence-electron chi connectivity index (χ3n) is 6.98. The summed E-state index contributed by atoms with van der Waals surface area (Å²) in [6, 6.07) is 13.9. The van der Waals surface area contributed by atoms with Gasteiger partial charge in [0.05, 0.1) is 16.6 Å². The van der Waals surface area contributed by atoms with Crippen molar-refractivity contribution in [1.82, 2.24) is 15.4 Å². The molecule has 0 bridgehead atoms. The number of nitrogens with zero attached hydrogens (tertiary/aromatic N) is 2. The van der Waals surface area contributed by atoms with Crippen molar-refractivity contribution < 1.29 is 22.5 Å². The van der Waals surface area contributed by atoms with Crippen LogP contribution in [0, 0.1) is 25.7 Å². The van der Waals surface area contributed by atoms with Gasteiger partial charge in [-0.2, -0.15) is 0 Å². The average molecular weight is 553 g/mol. The Balaban J connectivity index is 1.51. The van der Waals surface area contributed by atoms with Crippen LogP contribution in [0.5, 0.6) is 0 Å². The second-order valence-corrected chi connectivity index (χ2v) is 12.4. The summed E-state index contributed by atoms with van der Waals surface area (Å²) >= 11 is 0. The Morgan fingerprint density at radius 1 is 1.08 bits per heavy atom. The smallest absolute Gasteiger partial charge is 0.264 e. The SMILES string of the molecule is Cc1noc(NS(=O)(=O)c2ccccc2-c2ccc(CN(C)[C@@H](CC(C)C)C(=O)NC(=O)C3CC3)cc2)c1C. The number of benzene rings is 2. The van der Waals surface area contributed by atoms with Crippen molar-refractivity contribution >= 4 is 27.7 Å². The van der Waals surface area contributed by atoms with Crippen LogP contribution >= 0.6 is 0 Å². The van der Waals surface area contributed by atoms with Crippen molar-refractivity contribution in [2.24, 2.45) is 11.8 Å². The molecule has 10 heteroatoms. The fraction of sp³-hybridized carbons (Fsp3) is 0.414. The molecule has 208 valence electrons. The van der Waals surface area contributed by atoms with Crippen LogP contribution in [-0.4, -0.2) is 43.4 Å². The second-order valence-electron chi connectivity index (χ2n) is 10.7. The number of hydrogen-bond donors (Lipinski definition) is 2. The molecule has 2 amide bonds. The lowest BCUT2D eigenvalue weighted by molar-refractivity contribution is -0.134. The van der Waals surface area contributed by atoms with Crippen molar-refractivity contribution in [3.05, 3.63) is 65.4 Å². The lowest BCUT2D eigenvalue weighted by Gasteiger charge is -2.28. The van der Waals surface area contributed by atoms with Gasteiger partial charge >= 0.3 is 0 Å². The number of sulfonamides is 1. The van der Waals surface area contributed by atoms with E-state index in [2.05, 4.69) is 29.0 Å². The number of amides is 2. The number of hydrogen-bond acceptors (Lipinski definition) is 7. The highest BCUT2D eigenvalue weighted by Gasteiger charge is 2.33. The Bertz CT molecular complexity index is 1440. The minimum Gasteiger partial charge on any atom is -0.337 e. The Labute approximate surface area is 230 Å². The van der Waals surface area contributed by atoms with Crippen molar-refractivity contribution in [2.45, 2.75) is 64.4 Å².